The van der Waals surface area contributed by atoms with E-state index in [1.54, 1.807) is 30.3 Å². The summed E-state index contributed by atoms with van der Waals surface area (Å²) in [6.45, 7) is 3.10. The number of amides is 8. The molecule has 2 aromatic rings. The van der Waals surface area contributed by atoms with E-state index >= 15 is 0 Å². The first-order valence-corrected chi connectivity index (χ1v) is 22.8. The molecule has 67 heavy (non-hydrogen) atoms. The van der Waals surface area contributed by atoms with Crippen LogP contribution in [0.1, 0.15) is 76.5 Å². The van der Waals surface area contributed by atoms with Gasteiger partial charge in [0.1, 0.15) is 42.3 Å². The van der Waals surface area contributed by atoms with Crippen LogP contribution in [0.4, 0.5) is 0 Å². The number of H-pyrrole nitrogens is 1. The zero-order chi connectivity index (χ0) is 49.6. The molecule has 0 saturated carbocycles. The number of aliphatic hydroxyl groups excluding tert-OH is 1. The van der Waals surface area contributed by atoms with E-state index in [0.29, 0.717) is 30.5 Å². The third kappa shape index (κ3) is 18.2. The third-order valence-corrected chi connectivity index (χ3v) is 11.3. The number of carbonyl (C=O) groups is 9. The number of nitrogens with zero attached hydrogens (tertiary/aromatic N) is 2. The van der Waals surface area contributed by atoms with Crippen molar-refractivity contribution in [1.82, 2.24) is 46.8 Å². The highest BCUT2D eigenvalue weighted by Crippen LogP contribution is 2.19. The molecular formula is C43H66N12O11S. The molecule has 1 aliphatic rings. The molecule has 1 aromatic carbocycles. The average molecular weight is 959 g/mol. The van der Waals surface area contributed by atoms with Crippen molar-refractivity contribution in [3.05, 3.63) is 54.1 Å². The maximum Gasteiger partial charge on any atom is 0.327 e. The van der Waals surface area contributed by atoms with Crippen LogP contribution in [0, 0.1) is 5.92 Å². The molecule has 0 spiro atoms. The average Bonchev–Trinajstić information content (AvgIpc) is 4.01. The summed E-state index contributed by atoms with van der Waals surface area (Å²) in [5, 5.41) is 35.3. The standard InChI is InChI=1S/C43H66N12O11S/c1-24(2)17-29(50-36(58)27(45)13-14-35(46)57)38(60)51-30(18-25-9-4-3-5-10-25)39(61)49-28(11-6-7-15-44)37(59)52-31(19-26-20-47-23-48-26)40(62)53-32(21-56)42(64)55-16-8-12-34(55)41(63)54-33(22-67)43(65)66/h3-5,9-10,20,23-24,27-34,56,67H,6-8,11-19,21-22,44-45H2,1-2H3,(H2,46,57)(H,47,48)(H,49,61)(H,50,58)(H,51,60)(H,52,59)(H,53,62)(H,54,63)(H,65,66)/t27-,28-,29-,30-,31-,32-,33-,34-/m0/s1. The van der Waals surface area contributed by atoms with E-state index in [-0.39, 0.29) is 69.7 Å². The fourth-order valence-corrected chi connectivity index (χ4v) is 7.54. The van der Waals surface area contributed by atoms with E-state index in [2.05, 4.69) is 54.5 Å². The molecule has 0 aliphatic carbocycles. The smallest absolute Gasteiger partial charge is 0.327 e. The van der Waals surface area contributed by atoms with Crippen molar-refractivity contribution in [1.29, 1.82) is 0 Å². The van der Waals surface area contributed by atoms with Gasteiger partial charge >= 0.3 is 5.97 Å². The number of aromatic nitrogens is 2. The summed E-state index contributed by atoms with van der Waals surface area (Å²) in [6.07, 6.45) is 3.91. The number of imidazole rings is 1. The molecule has 23 nitrogen and oxygen atoms in total. The van der Waals surface area contributed by atoms with E-state index < -0.39 is 108 Å². The summed E-state index contributed by atoms with van der Waals surface area (Å²) in [5.74, 6) is -7.75. The van der Waals surface area contributed by atoms with Crippen LogP contribution >= 0.6 is 12.6 Å². The molecule has 8 amide bonds. The molecule has 370 valence electrons. The maximum absolute atomic E-state index is 14.3. The van der Waals surface area contributed by atoms with Gasteiger partial charge in [-0.2, -0.15) is 12.6 Å². The van der Waals surface area contributed by atoms with Crippen molar-refractivity contribution in [3.63, 3.8) is 0 Å². The number of aliphatic hydroxyl groups is 1. The lowest BCUT2D eigenvalue weighted by Gasteiger charge is -2.30. The van der Waals surface area contributed by atoms with Crippen LogP contribution in [0.5, 0.6) is 0 Å². The number of benzene rings is 1. The minimum Gasteiger partial charge on any atom is -0.480 e. The minimum atomic E-state index is -1.58. The molecule has 1 fully saturated rings. The second-order valence-electron chi connectivity index (χ2n) is 16.8. The van der Waals surface area contributed by atoms with E-state index in [1.807, 2.05) is 13.8 Å². The number of carboxylic acid groups (broad SMARTS) is 1. The van der Waals surface area contributed by atoms with Gasteiger partial charge < -0.3 is 69.2 Å². The van der Waals surface area contributed by atoms with Gasteiger partial charge in [-0.15, -0.1) is 0 Å². The SMILES string of the molecule is CC(C)C[C@H](NC(=O)[C@@H](N)CCC(N)=O)C(=O)N[C@@H](Cc1ccccc1)C(=O)N[C@@H](CCCCN)C(=O)N[C@@H](Cc1cnc[nH]1)C(=O)N[C@@H](CO)C(=O)N1CCC[C@H]1C(=O)N[C@@H](CS)C(=O)O. The molecule has 1 saturated heterocycles. The fraction of sp³-hybridized carbons (Fsp3) is 0.581. The summed E-state index contributed by atoms with van der Waals surface area (Å²) < 4.78 is 0. The largest absolute Gasteiger partial charge is 0.480 e. The van der Waals surface area contributed by atoms with E-state index in [1.165, 1.54) is 12.5 Å². The number of carboxylic acids is 1. The summed E-state index contributed by atoms with van der Waals surface area (Å²) in [5.41, 5.74) is 18.0. The van der Waals surface area contributed by atoms with Crippen molar-refractivity contribution in [2.45, 2.75) is 126 Å². The number of unbranched alkanes of at least 4 members (excludes halogenated alkanes) is 1. The Balaban J connectivity index is 1.88. The molecule has 0 radical (unpaired) electrons. The monoisotopic (exact) mass is 958 g/mol. The lowest BCUT2D eigenvalue weighted by Crippen LogP contribution is -2.61. The molecule has 3 rings (SSSR count). The van der Waals surface area contributed by atoms with Gasteiger partial charge in [-0.1, -0.05) is 44.2 Å². The van der Waals surface area contributed by atoms with Crippen LogP contribution in [-0.4, -0.2) is 152 Å². The zero-order valence-corrected chi connectivity index (χ0v) is 38.7. The van der Waals surface area contributed by atoms with Crippen molar-refractivity contribution in [2.24, 2.45) is 23.1 Å². The van der Waals surface area contributed by atoms with Crippen LogP contribution in [-0.2, 0) is 56.0 Å². The first-order valence-electron chi connectivity index (χ1n) is 22.2. The number of carbonyl (C=O) groups excluding carboxylic acids is 8. The number of hydrogen-bond acceptors (Lipinski definition) is 14. The Morgan fingerprint density at radius 2 is 1.40 bits per heavy atom. The topological polar surface area (TPSA) is 376 Å². The van der Waals surface area contributed by atoms with E-state index in [0.717, 1.165) is 4.90 Å². The third-order valence-electron chi connectivity index (χ3n) is 10.9. The van der Waals surface area contributed by atoms with Crippen LogP contribution in [0.15, 0.2) is 42.9 Å². The lowest BCUT2D eigenvalue weighted by molar-refractivity contribution is -0.145. The highest BCUT2D eigenvalue weighted by molar-refractivity contribution is 7.80. The molecular weight excluding hydrogens is 893 g/mol. The van der Waals surface area contributed by atoms with E-state index in [4.69, 9.17) is 17.2 Å². The van der Waals surface area contributed by atoms with Gasteiger partial charge in [0, 0.05) is 43.5 Å². The Bertz CT molecular complexity index is 1980. The molecule has 1 aliphatic heterocycles. The van der Waals surface area contributed by atoms with Crippen LogP contribution in [0.25, 0.3) is 0 Å². The summed E-state index contributed by atoms with van der Waals surface area (Å²) in [7, 11) is 0. The highest BCUT2D eigenvalue weighted by atomic mass is 32.1. The number of nitrogens with one attached hydrogen (secondary N) is 7. The number of nitrogens with two attached hydrogens (primary N) is 3. The van der Waals surface area contributed by atoms with Crippen LogP contribution in [0.3, 0.4) is 0 Å². The van der Waals surface area contributed by atoms with Gasteiger partial charge in [-0.05, 0) is 63.0 Å². The molecule has 24 heteroatoms. The molecule has 0 bridgehead atoms. The van der Waals surface area contributed by atoms with E-state index in [9.17, 15) is 53.4 Å². The van der Waals surface area contributed by atoms with Crippen molar-refractivity contribution >= 4 is 65.9 Å². The second kappa shape index (κ2) is 28.2. The Hall–Kier alpha value is -6.11. The molecule has 2 heterocycles. The Morgan fingerprint density at radius 1 is 0.806 bits per heavy atom. The van der Waals surface area contributed by atoms with Crippen molar-refractivity contribution < 1.29 is 53.4 Å². The van der Waals surface area contributed by atoms with Gasteiger partial charge in [-0.25, -0.2) is 9.78 Å². The van der Waals surface area contributed by atoms with Crippen molar-refractivity contribution in [2.75, 3.05) is 25.4 Å². The van der Waals surface area contributed by atoms with Crippen LogP contribution < -0.4 is 49.1 Å². The molecule has 1 aromatic heterocycles. The van der Waals surface area contributed by atoms with Crippen LogP contribution in [0.2, 0.25) is 0 Å². The Labute approximate surface area is 394 Å². The van der Waals surface area contributed by atoms with Crippen molar-refractivity contribution in [3.8, 4) is 0 Å². The van der Waals surface area contributed by atoms with Gasteiger partial charge in [0.05, 0.1) is 19.0 Å². The number of primary amides is 1. The number of aromatic amines is 1. The zero-order valence-electron chi connectivity index (χ0n) is 37.8. The highest BCUT2D eigenvalue weighted by Gasteiger charge is 2.40. The number of rotatable bonds is 29. The number of hydrogen-bond donors (Lipinski definition) is 13. The molecule has 0 unspecified atom stereocenters. The quantitative estimate of drug-likeness (QED) is 0.0283. The summed E-state index contributed by atoms with van der Waals surface area (Å²) in [6, 6.07) is -1.57. The maximum atomic E-state index is 14.3. The molecule has 8 atom stereocenters. The number of likely N-dealkylation sites (tertiary alicyclic amines) is 1. The minimum absolute atomic E-state index is 0.0354. The number of aliphatic carboxylic acids is 1. The Kier molecular flexibility index (Phi) is 23.2. The van der Waals surface area contributed by atoms with Gasteiger partial charge in [-0.3, -0.25) is 38.4 Å². The first-order chi connectivity index (χ1) is 31.9. The fourth-order valence-electron chi connectivity index (χ4n) is 7.29. The Morgan fingerprint density at radius 3 is 1.97 bits per heavy atom. The lowest BCUT2D eigenvalue weighted by atomic mass is 10.00. The summed E-state index contributed by atoms with van der Waals surface area (Å²) >= 11 is 3.96. The molecule has 15 N–H and O–H groups in total. The first kappa shape index (κ1) is 55.2. The van der Waals surface area contributed by atoms with Gasteiger partial charge in [0.15, 0.2) is 0 Å². The van der Waals surface area contributed by atoms with Gasteiger partial charge in [0.25, 0.3) is 0 Å². The predicted molar refractivity (Wildman–Crippen MR) is 246 cm³/mol. The normalized spacial score (nSPS) is 16.6. The van der Waals surface area contributed by atoms with Gasteiger partial charge in [0.2, 0.25) is 47.3 Å². The summed E-state index contributed by atoms with van der Waals surface area (Å²) in [4.78, 5) is 127. The second-order valence-corrected chi connectivity index (χ2v) is 17.1. The predicted octanol–water partition coefficient (Wildman–Crippen LogP) is -3.13. The number of thiol groups is 1.